The summed E-state index contributed by atoms with van der Waals surface area (Å²) in [7, 11) is 1.52. The average molecular weight is 542 g/mol. The van der Waals surface area contributed by atoms with Gasteiger partial charge in [0, 0.05) is 12.6 Å². The molecule has 0 saturated carbocycles. The molecular formula is C28H26F3N3O5. The van der Waals surface area contributed by atoms with Gasteiger partial charge in [0.15, 0.2) is 18.5 Å². The molecule has 0 amide bonds. The van der Waals surface area contributed by atoms with Crippen LogP contribution in [0.2, 0.25) is 0 Å². The fraction of sp³-hybridized carbons (Fsp3) is 0.250. The van der Waals surface area contributed by atoms with E-state index in [2.05, 4.69) is 5.10 Å². The summed E-state index contributed by atoms with van der Waals surface area (Å²) >= 11 is 0. The van der Waals surface area contributed by atoms with Gasteiger partial charge in [-0.05, 0) is 61.9 Å². The van der Waals surface area contributed by atoms with Crippen LogP contribution in [-0.2, 0) is 22.8 Å². The van der Waals surface area contributed by atoms with Gasteiger partial charge in [0.1, 0.15) is 11.5 Å². The minimum atomic E-state index is -4.50. The third-order valence-corrected chi connectivity index (χ3v) is 5.84. The highest BCUT2D eigenvalue weighted by molar-refractivity contribution is 5.71. The first-order chi connectivity index (χ1) is 18.6. The summed E-state index contributed by atoms with van der Waals surface area (Å²) in [4.78, 5) is 24.7. The van der Waals surface area contributed by atoms with Crippen LogP contribution in [0, 0.1) is 6.92 Å². The molecule has 4 aromatic rings. The largest absolute Gasteiger partial charge is 0.482 e. The lowest BCUT2D eigenvalue weighted by Gasteiger charge is -2.20. The number of ether oxygens (including phenoxy) is 3. The topological polar surface area (TPSA) is 84.6 Å². The number of carbonyl (C=O) groups is 1. The van der Waals surface area contributed by atoms with E-state index in [-0.39, 0.29) is 24.7 Å². The van der Waals surface area contributed by atoms with Crippen molar-refractivity contribution in [2.45, 2.75) is 26.1 Å². The van der Waals surface area contributed by atoms with E-state index in [0.717, 1.165) is 16.8 Å². The van der Waals surface area contributed by atoms with Crippen LogP contribution in [0.25, 0.3) is 5.69 Å². The van der Waals surface area contributed by atoms with Gasteiger partial charge in [0.05, 0.1) is 17.9 Å². The number of halogens is 3. The molecule has 204 valence electrons. The van der Waals surface area contributed by atoms with E-state index in [1.54, 1.807) is 32.0 Å². The van der Waals surface area contributed by atoms with Crippen LogP contribution >= 0.6 is 0 Å². The van der Waals surface area contributed by atoms with Crippen LogP contribution < -0.4 is 15.2 Å². The predicted octanol–water partition coefficient (Wildman–Crippen LogP) is 5.01. The summed E-state index contributed by atoms with van der Waals surface area (Å²) in [5.41, 5.74) is 0.206. The first kappa shape index (κ1) is 27.5. The molecule has 0 saturated heterocycles. The normalized spacial score (nSPS) is 12.2. The molecule has 3 aromatic carbocycles. The van der Waals surface area contributed by atoms with Gasteiger partial charge in [-0.2, -0.15) is 17.9 Å². The quantitative estimate of drug-likeness (QED) is 0.277. The summed E-state index contributed by atoms with van der Waals surface area (Å²) in [5.74, 6) is 0.685. The second-order valence-corrected chi connectivity index (χ2v) is 8.59. The monoisotopic (exact) mass is 541 g/mol. The Morgan fingerprint density at radius 3 is 2.33 bits per heavy atom. The number of aromatic nitrogens is 3. The summed E-state index contributed by atoms with van der Waals surface area (Å²) in [6.45, 7) is 3.53. The number of carbonyl (C=O) groups excluding carboxylic acids is 1. The van der Waals surface area contributed by atoms with E-state index in [1.807, 2.05) is 30.3 Å². The molecule has 1 atom stereocenters. The molecule has 0 aliphatic rings. The Morgan fingerprint density at radius 1 is 1.03 bits per heavy atom. The number of nitrogens with zero attached hydrogens (tertiary/aromatic N) is 3. The van der Waals surface area contributed by atoms with Crippen LogP contribution in [0.4, 0.5) is 13.2 Å². The molecular weight excluding hydrogens is 515 g/mol. The van der Waals surface area contributed by atoms with Gasteiger partial charge in [-0.3, -0.25) is 4.57 Å². The Morgan fingerprint density at radius 2 is 1.72 bits per heavy atom. The van der Waals surface area contributed by atoms with Crippen molar-refractivity contribution in [3.63, 3.8) is 0 Å². The lowest BCUT2D eigenvalue weighted by Crippen LogP contribution is -2.23. The summed E-state index contributed by atoms with van der Waals surface area (Å²) < 4.78 is 58.0. The summed E-state index contributed by atoms with van der Waals surface area (Å²) in [5, 5.41) is 4.44. The predicted molar refractivity (Wildman–Crippen MR) is 136 cm³/mol. The maximum atomic E-state index is 13.1. The van der Waals surface area contributed by atoms with Crippen LogP contribution in [0.5, 0.6) is 11.5 Å². The second-order valence-electron chi connectivity index (χ2n) is 8.59. The van der Waals surface area contributed by atoms with E-state index < -0.39 is 29.5 Å². The van der Waals surface area contributed by atoms with Crippen LogP contribution in [0.3, 0.4) is 0 Å². The first-order valence-corrected chi connectivity index (χ1v) is 12.0. The summed E-state index contributed by atoms with van der Waals surface area (Å²) in [6.07, 6.45) is -5.33. The number of hydrogen-bond donors (Lipinski definition) is 0. The fourth-order valence-electron chi connectivity index (χ4n) is 3.85. The zero-order chi connectivity index (χ0) is 28.2. The second kappa shape index (κ2) is 11.5. The van der Waals surface area contributed by atoms with Crippen molar-refractivity contribution in [2.24, 2.45) is 7.05 Å². The molecule has 0 bridgehead atoms. The van der Waals surface area contributed by atoms with E-state index in [1.165, 1.54) is 23.7 Å². The number of benzene rings is 3. The number of esters is 1. The maximum Gasteiger partial charge on any atom is 0.416 e. The molecule has 0 fully saturated rings. The van der Waals surface area contributed by atoms with Crippen molar-refractivity contribution in [3.05, 3.63) is 106 Å². The third-order valence-electron chi connectivity index (χ3n) is 5.84. The molecule has 0 N–H and O–H groups in total. The van der Waals surface area contributed by atoms with Gasteiger partial charge >= 0.3 is 17.8 Å². The Bertz CT molecular complexity index is 1500. The molecule has 1 unspecified atom stereocenters. The Hall–Kier alpha value is -4.54. The molecule has 4 rings (SSSR count). The van der Waals surface area contributed by atoms with Crippen molar-refractivity contribution >= 4 is 5.97 Å². The van der Waals surface area contributed by atoms with E-state index in [0.29, 0.717) is 22.6 Å². The van der Waals surface area contributed by atoms with Crippen LogP contribution in [-0.4, -0.2) is 33.5 Å². The van der Waals surface area contributed by atoms with Gasteiger partial charge in [-0.1, -0.05) is 30.3 Å². The number of hydrogen-bond acceptors (Lipinski definition) is 6. The van der Waals surface area contributed by atoms with E-state index in [9.17, 15) is 22.8 Å². The van der Waals surface area contributed by atoms with Crippen molar-refractivity contribution in [3.8, 4) is 17.2 Å². The van der Waals surface area contributed by atoms with Crippen molar-refractivity contribution < 1.29 is 32.2 Å². The third kappa shape index (κ3) is 6.31. The summed E-state index contributed by atoms with van der Waals surface area (Å²) in [6, 6.07) is 18.3. The Kier molecular flexibility index (Phi) is 8.08. The fourth-order valence-corrected chi connectivity index (χ4v) is 3.85. The average Bonchev–Trinajstić information content (AvgIpc) is 3.21. The van der Waals surface area contributed by atoms with Gasteiger partial charge < -0.3 is 14.2 Å². The van der Waals surface area contributed by atoms with Crippen molar-refractivity contribution in [1.82, 2.24) is 14.3 Å². The highest BCUT2D eigenvalue weighted by Gasteiger charge is 2.30. The zero-order valence-electron chi connectivity index (χ0n) is 21.4. The standard InChI is InChI=1S/C28H26F3N3O5/c1-4-37-24(35)17-38-22-14-15-23(18(2)16-22)39-25(19-8-6-5-7-9-19)26-32-34(27(36)33(26)3)21-12-10-20(11-13-21)28(29,30)31/h5-16,25H,4,17H2,1-3H3. The molecule has 39 heavy (non-hydrogen) atoms. The minimum absolute atomic E-state index is 0.181. The van der Waals surface area contributed by atoms with Gasteiger partial charge in [-0.15, -0.1) is 5.10 Å². The zero-order valence-corrected chi connectivity index (χ0v) is 21.4. The molecule has 1 heterocycles. The lowest BCUT2D eigenvalue weighted by molar-refractivity contribution is -0.145. The van der Waals surface area contributed by atoms with Gasteiger partial charge in [0.2, 0.25) is 0 Å². The minimum Gasteiger partial charge on any atom is -0.482 e. The molecule has 1 aromatic heterocycles. The molecule has 0 spiro atoms. The van der Waals surface area contributed by atoms with Gasteiger partial charge in [0.25, 0.3) is 0 Å². The van der Waals surface area contributed by atoms with Crippen molar-refractivity contribution in [1.29, 1.82) is 0 Å². The first-order valence-electron chi connectivity index (χ1n) is 12.0. The smallest absolute Gasteiger partial charge is 0.416 e. The Balaban J connectivity index is 1.67. The van der Waals surface area contributed by atoms with E-state index >= 15 is 0 Å². The SMILES string of the molecule is CCOC(=O)COc1ccc(OC(c2ccccc2)c2nn(-c3ccc(C(F)(F)F)cc3)c(=O)n2C)c(C)c1. The lowest BCUT2D eigenvalue weighted by atomic mass is 10.1. The van der Waals surface area contributed by atoms with Crippen LogP contribution in [0.1, 0.15) is 35.5 Å². The number of aryl methyl sites for hydroxylation is 1. The molecule has 8 nitrogen and oxygen atoms in total. The number of rotatable bonds is 9. The highest BCUT2D eigenvalue weighted by atomic mass is 19.4. The van der Waals surface area contributed by atoms with Crippen molar-refractivity contribution in [2.75, 3.05) is 13.2 Å². The van der Waals surface area contributed by atoms with Crippen LogP contribution in [0.15, 0.2) is 77.6 Å². The molecule has 0 aliphatic carbocycles. The highest BCUT2D eigenvalue weighted by Crippen LogP contribution is 2.32. The molecule has 0 radical (unpaired) electrons. The number of alkyl halides is 3. The van der Waals surface area contributed by atoms with E-state index in [4.69, 9.17) is 14.2 Å². The Labute approximate surface area is 222 Å². The molecule has 0 aliphatic heterocycles. The molecule has 11 heteroatoms. The van der Waals surface area contributed by atoms with Gasteiger partial charge in [-0.25, -0.2) is 9.59 Å². The maximum absolute atomic E-state index is 13.1.